The van der Waals surface area contributed by atoms with Gasteiger partial charge in [0.1, 0.15) is 17.3 Å². The molecule has 0 bridgehead atoms. The number of aromatic nitrogens is 5. The van der Waals surface area contributed by atoms with E-state index in [0.717, 1.165) is 44.0 Å². The largest absolute Gasteiger partial charge is 0.458 e. The minimum Gasteiger partial charge on any atom is -0.458 e. The standard InChI is InChI=1S/C56H57N5O/c1-54(2,3)34-38-23-25-58-53(30-38)61-48-22-19-42(41-15-11-10-12-16-41)31-47(48)46-21-20-44(32-51(46)61)62-45-24-26-57-52(33-45)60-37-59(49-17-13-14-18-50(49)60)43-28-39(35-55(4,5)6)27-40(29-43)36-56(7,8)9/h10-33H,34-36H2,1-9H3/i34D2,35D2,36D2. The molecule has 0 aliphatic heterocycles. The molecule has 0 radical (unpaired) electrons. The molecule has 4 heterocycles. The van der Waals surface area contributed by atoms with E-state index in [2.05, 4.69) is 47.3 Å². The normalized spacial score (nSPS) is 14.6. The first-order chi connectivity index (χ1) is 31.9. The number of para-hydroxylation sites is 2. The van der Waals surface area contributed by atoms with Crippen molar-refractivity contribution in [2.45, 2.75) is 81.4 Å². The Morgan fingerprint density at radius 3 is 1.90 bits per heavy atom. The summed E-state index contributed by atoms with van der Waals surface area (Å²) in [6, 6.07) is 43.0. The van der Waals surface area contributed by atoms with Crippen LogP contribution in [0.1, 0.15) is 87.2 Å². The van der Waals surface area contributed by atoms with Crippen molar-refractivity contribution in [1.29, 1.82) is 0 Å². The molecule has 0 aliphatic carbocycles. The van der Waals surface area contributed by atoms with Crippen LogP contribution < -0.4 is 9.30 Å². The van der Waals surface area contributed by atoms with Gasteiger partial charge in [0, 0.05) is 43.5 Å². The lowest BCUT2D eigenvalue weighted by Crippen LogP contribution is -2.30. The van der Waals surface area contributed by atoms with Crippen molar-refractivity contribution in [2.24, 2.45) is 16.2 Å². The third-order valence-electron chi connectivity index (χ3n) is 10.3. The molecule has 0 saturated carbocycles. The molecule has 0 amide bonds. The van der Waals surface area contributed by atoms with E-state index in [9.17, 15) is 5.48 Å². The molecule has 312 valence electrons. The molecule has 0 fully saturated rings. The monoisotopic (exact) mass is 821 g/mol. The number of ether oxygens (including phenoxy) is 1. The highest BCUT2D eigenvalue weighted by molar-refractivity contribution is 6.10. The molecular formula is C56H57N5O. The maximum atomic E-state index is 9.25. The molecule has 5 aromatic carbocycles. The summed E-state index contributed by atoms with van der Waals surface area (Å²) in [6.07, 6.45) is 1.65. The summed E-state index contributed by atoms with van der Waals surface area (Å²) in [4.78, 5) is 9.60. The van der Waals surface area contributed by atoms with Gasteiger partial charge >= 0.3 is 0 Å². The lowest BCUT2D eigenvalue weighted by molar-refractivity contribution is -0.572. The van der Waals surface area contributed by atoms with E-state index in [1.54, 1.807) is 42.7 Å². The maximum Gasteiger partial charge on any atom is 0.271 e. The van der Waals surface area contributed by atoms with Gasteiger partial charge in [0.05, 0.1) is 27.8 Å². The molecule has 0 aliphatic rings. The van der Waals surface area contributed by atoms with Crippen molar-refractivity contribution >= 4 is 32.8 Å². The Balaban J connectivity index is 1.15. The Labute approximate surface area is 374 Å². The first kappa shape index (κ1) is 34.1. The number of hydrogen-bond acceptors (Lipinski definition) is 3. The first-order valence-electron chi connectivity index (χ1n) is 24.2. The van der Waals surface area contributed by atoms with Crippen LogP contribution in [0.4, 0.5) is 0 Å². The average Bonchev–Trinajstić information content (AvgIpc) is 3.84. The number of pyridine rings is 2. The van der Waals surface area contributed by atoms with Gasteiger partial charge in [-0.05, 0) is 107 Å². The number of imidazole rings is 1. The van der Waals surface area contributed by atoms with Crippen molar-refractivity contribution < 1.29 is 17.5 Å². The summed E-state index contributed by atoms with van der Waals surface area (Å²) >= 11 is 0. The zero-order valence-corrected chi connectivity index (χ0v) is 37.0. The van der Waals surface area contributed by atoms with Gasteiger partial charge in [0.15, 0.2) is 5.82 Å². The molecule has 9 aromatic rings. The van der Waals surface area contributed by atoms with Crippen LogP contribution in [0, 0.1) is 22.6 Å². The fourth-order valence-corrected chi connectivity index (χ4v) is 8.07. The van der Waals surface area contributed by atoms with Crippen molar-refractivity contribution in [3.63, 3.8) is 0 Å². The Morgan fingerprint density at radius 1 is 0.532 bits per heavy atom. The van der Waals surface area contributed by atoms with Gasteiger partial charge in [-0.1, -0.05) is 140 Å². The van der Waals surface area contributed by atoms with Crippen molar-refractivity contribution in [3.05, 3.63) is 169 Å². The number of benzene rings is 5. The molecule has 0 spiro atoms. The summed E-state index contributed by atoms with van der Waals surface area (Å²) < 4.78 is 67.6. The van der Waals surface area contributed by atoms with E-state index < -0.39 is 35.4 Å². The second-order valence-corrected chi connectivity index (χ2v) is 19.1. The van der Waals surface area contributed by atoms with E-state index >= 15 is 0 Å². The second kappa shape index (κ2) is 15.7. The van der Waals surface area contributed by atoms with E-state index in [1.807, 2.05) is 138 Å². The van der Waals surface area contributed by atoms with Crippen molar-refractivity contribution in [3.8, 4) is 39.9 Å². The molecule has 0 atom stereocenters. The van der Waals surface area contributed by atoms with Gasteiger partial charge in [-0.15, -0.1) is 0 Å². The Kier molecular flexibility index (Phi) is 8.66. The molecule has 62 heavy (non-hydrogen) atoms. The zero-order valence-electron chi connectivity index (χ0n) is 43.0. The lowest BCUT2D eigenvalue weighted by atomic mass is 9.84. The lowest BCUT2D eigenvalue weighted by Gasteiger charge is -2.22. The number of fused-ring (bicyclic) bond motifs is 4. The molecule has 9 rings (SSSR count). The van der Waals surface area contributed by atoms with Gasteiger partial charge in [-0.2, -0.15) is 0 Å². The van der Waals surface area contributed by atoms with E-state index in [-0.39, 0.29) is 0 Å². The van der Waals surface area contributed by atoms with Crippen molar-refractivity contribution in [2.75, 3.05) is 0 Å². The smallest absolute Gasteiger partial charge is 0.271 e. The predicted molar refractivity (Wildman–Crippen MR) is 255 cm³/mol. The van der Waals surface area contributed by atoms with Gasteiger partial charge in [0.2, 0.25) is 0 Å². The van der Waals surface area contributed by atoms with Crippen LogP contribution in [-0.2, 0) is 19.1 Å². The molecule has 4 aromatic heterocycles. The van der Waals surface area contributed by atoms with Gasteiger partial charge in [-0.25, -0.2) is 4.98 Å². The van der Waals surface area contributed by atoms with E-state index in [1.165, 1.54) is 0 Å². The van der Waals surface area contributed by atoms with Crippen LogP contribution in [0.2, 0.25) is 0 Å². The highest BCUT2D eigenvalue weighted by Gasteiger charge is 2.21. The summed E-state index contributed by atoms with van der Waals surface area (Å²) in [7, 11) is 0. The van der Waals surface area contributed by atoms with E-state index in [0.29, 0.717) is 45.5 Å². The highest BCUT2D eigenvalue weighted by Crippen LogP contribution is 2.38. The molecule has 0 unspecified atom stereocenters. The molecule has 0 N–H and O–H groups in total. The minimum absolute atomic E-state index is 0.388. The number of hydrogen-bond donors (Lipinski definition) is 0. The third-order valence-corrected chi connectivity index (χ3v) is 10.3. The van der Waals surface area contributed by atoms with Crippen LogP contribution >= 0.6 is 0 Å². The second-order valence-electron chi connectivity index (χ2n) is 19.1. The summed E-state index contributed by atoms with van der Waals surface area (Å²) in [5.74, 6) is 2.23. The van der Waals surface area contributed by atoms with Crippen LogP contribution in [0.3, 0.4) is 0 Å². The quantitative estimate of drug-likeness (QED) is 0.108. The Morgan fingerprint density at radius 2 is 1.18 bits per heavy atom. The van der Waals surface area contributed by atoms with Crippen LogP contribution in [0.5, 0.6) is 11.5 Å². The molecule has 6 heteroatoms. The summed E-state index contributed by atoms with van der Waals surface area (Å²) in [5, 5.41) is 2.01. The van der Waals surface area contributed by atoms with E-state index in [4.69, 9.17) is 17.4 Å². The first-order valence-corrected chi connectivity index (χ1v) is 21.2. The van der Waals surface area contributed by atoms with Gasteiger partial charge in [0.25, 0.3) is 6.33 Å². The number of nitrogens with zero attached hydrogens (tertiary/aromatic N) is 5. The maximum absolute atomic E-state index is 9.25. The SMILES string of the molecule is [2H]C([2H])(c1cc(-[n+]2[c-]n(-c3cc(Oc4ccc5c6cc(-c7ccccc7)ccc6n(-c6cc(C([2H])([2H])C(C)(C)C)ccn6)c5c4)ccn3)c3ccccc32)cc(C([2H])([2H])C(C)(C)C)c1)C(C)(C)C. The average molecular weight is 822 g/mol. The van der Waals surface area contributed by atoms with Gasteiger partial charge < -0.3 is 4.74 Å². The molecule has 0 saturated heterocycles. The topological polar surface area (TPSA) is 48.8 Å². The van der Waals surface area contributed by atoms with Crippen LogP contribution in [0.15, 0.2) is 146 Å². The minimum atomic E-state index is -1.79. The van der Waals surface area contributed by atoms with Gasteiger partial charge in [-0.3, -0.25) is 18.7 Å². The fourth-order valence-electron chi connectivity index (χ4n) is 8.07. The third kappa shape index (κ3) is 8.78. The summed E-state index contributed by atoms with van der Waals surface area (Å²) in [6.45, 7) is 16.9. The fraction of sp³-hybridized carbons (Fsp3) is 0.268. The Hall–Kier alpha value is -6.53. The number of rotatable bonds is 9. The summed E-state index contributed by atoms with van der Waals surface area (Å²) in [5.41, 5.74) is 5.20. The predicted octanol–water partition coefficient (Wildman–Crippen LogP) is 13.8. The van der Waals surface area contributed by atoms with Crippen LogP contribution in [0.25, 0.3) is 61.3 Å². The zero-order chi connectivity index (χ0) is 48.8. The molecule has 6 nitrogen and oxygen atoms in total. The van der Waals surface area contributed by atoms with Crippen molar-refractivity contribution in [1.82, 2.24) is 19.1 Å². The highest BCUT2D eigenvalue weighted by atomic mass is 16.5. The Bertz CT molecular complexity index is 3330. The van der Waals surface area contributed by atoms with Crippen LogP contribution in [-0.4, -0.2) is 19.1 Å². The molecular weight excluding hydrogens is 759 g/mol.